The van der Waals surface area contributed by atoms with E-state index in [1.807, 2.05) is 43.3 Å². The average Bonchev–Trinajstić information content (AvgIpc) is 2.91. The first-order valence-corrected chi connectivity index (χ1v) is 8.02. The molecular weight excluding hydrogens is 376 g/mol. The fourth-order valence-electron chi connectivity index (χ4n) is 2.15. The summed E-state index contributed by atoms with van der Waals surface area (Å²) in [5.41, 5.74) is 2.26. The molecule has 0 aliphatic carbocycles. The number of nitrogens with one attached hydrogen (secondary N) is 1. The summed E-state index contributed by atoms with van der Waals surface area (Å²) in [5.74, 6) is 0.797. The Morgan fingerprint density at radius 1 is 1.30 bits per heavy atom. The molecule has 5 nitrogen and oxygen atoms in total. The van der Waals surface area contributed by atoms with E-state index in [9.17, 15) is 5.11 Å². The van der Waals surface area contributed by atoms with Crippen LogP contribution in [0, 0.1) is 11.7 Å². The van der Waals surface area contributed by atoms with E-state index in [1.165, 1.54) is 4.68 Å². The molecule has 3 rings (SSSR count). The number of phenols is 1. The minimum Gasteiger partial charge on any atom is -0.507 e. The summed E-state index contributed by atoms with van der Waals surface area (Å²) >= 11 is 8.64. The molecule has 2 aromatic carbocycles. The Kier molecular flexibility index (Phi) is 4.40. The number of benzene rings is 2. The van der Waals surface area contributed by atoms with Gasteiger partial charge in [-0.15, -0.1) is 0 Å². The van der Waals surface area contributed by atoms with Crippen LogP contribution in [0.4, 0.5) is 0 Å². The van der Waals surface area contributed by atoms with Crippen LogP contribution in [-0.2, 0) is 0 Å². The minimum absolute atomic E-state index is 0.188. The van der Waals surface area contributed by atoms with Crippen LogP contribution in [0.2, 0.25) is 0 Å². The maximum Gasteiger partial charge on any atom is 0.216 e. The fraction of sp³-hybridized carbons (Fsp3) is 0.0625. The molecule has 0 unspecified atom stereocenters. The third kappa shape index (κ3) is 3.25. The number of H-pyrrole nitrogens is 1. The molecule has 0 spiro atoms. The quantitative estimate of drug-likeness (QED) is 0.520. The lowest BCUT2D eigenvalue weighted by molar-refractivity contribution is 0.470. The van der Waals surface area contributed by atoms with Gasteiger partial charge in [0.1, 0.15) is 5.75 Å². The molecule has 0 bridgehead atoms. The molecule has 116 valence electrons. The number of aromatic amines is 1. The van der Waals surface area contributed by atoms with Crippen molar-refractivity contribution >= 4 is 34.4 Å². The van der Waals surface area contributed by atoms with Crippen LogP contribution >= 0.6 is 28.1 Å². The van der Waals surface area contributed by atoms with E-state index in [0.29, 0.717) is 16.2 Å². The highest BCUT2D eigenvalue weighted by Crippen LogP contribution is 2.25. The van der Waals surface area contributed by atoms with Crippen molar-refractivity contribution in [3.63, 3.8) is 0 Å². The number of aromatic hydroxyl groups is 1. The second-order valence-electron chi connectivity index (χ2n) is 4.94. The van der Waals surface area contributed by atoms with Gasteiger partial charge in [0.15, 0.2) is 5.82 Å². The average molecular weight is 389 g/mol. The first-order chi connectivity index (χ1) is 11.1. The van der Waals surface area contributed by atoms with E-state index in [0.717, 1.165) is 15.6 Å². The van der Waals surface area contributed by atoms with Crippen molar-refractivity contribution in [1.29, 1.82) is 0 Å². The Bertz CT molecular complexity index is 931. The van der Waals surface area contributed by atoms with E-state index in [1.54, 1.807) is 12.3 Å². The van der Waals surface area contributed by atoms with Crippen molar-refractivity contribution in [3.05, 3.63) is 62.8 Å². The van der Waals surface area contributed by atoms with Gasteiger partial charge in [-0.25, -0.2) is 5.10 Å². The van der Waals surface area contributed by atoms with Gasteiger partial charge in [-0.05, 0) is 36.8 Å². The first-order valence-electron chi connectivity index (χ1n) is 6.82. The van der Waals surface area contributed by atoms with Crippen molar-refractivity contribution < 1.29 is 5.11 Å². The van der Waals surface area contributed by atoms with E-state index >= 15 is 0 Å². The summed E-state index contributed by atoms with van der Waals surface area (Å²) in [4.78, 5) is 0. The number of hydrogen-bond acceptors (Lipinski definition) is 4. The molecule has 0 radical (unpaired) electrons. The predicted octanol–water partition coefficient (Wildman–Crippen LogP) is 4.27. The second-order valence-corrected chi connectivity index (χ2v) is 6.24. The van der Waals surface area contributed by atoms with Gasteiger partial charge in [-0.1, -0.05) is 46.3 Å². The molecule has 0 aliphatic rings. The van der Waals surface area contributed by atoms with Gasteiger partial charge < -0.3 is 5.11 Å². The van der Waals surface area contributed by atoms with Crippen LogP contribution in [-0.4, -0.2) is 26.2 Å². The molecule has 0 fully saturated rings. The van der Waals surface area contributed by atoms with E-state index in [2.05, 4.69) is 31.2 Å². The predicted molar refractivity (Wildman–Crippen MR) is 96.4 cm³/mol. The molecule has 7 heteroatoms. The maximum atomic E-state index is 10.1. The number of halogens is 1. The van der Waals surface area contributed by atoms with Crippen molar-refractivity contribution in [3.8, 4) is 17.1 Å². The smallest absolute Gasteiger partial charge is 0.216 e. The van der Waals surface area contributed by atoms with Crippen LogP contribution in [0.25, 0.3) is 11.4 Å². The van der Waals surface area contributed by atoms with Crippen LogP contribution in [0.5, 0.6) is 5.75 Å². The van der Waals surface area contributed by atoms with Crippen LogP contribution < -0.4 is 0 Å². The highest BCUT2D eigenvalue weighted by Gasteiger charge is 2.08. The largest absolute Gasteiger partial charge is 0.507 e. The van der Waals surface area contributed by atoms with Crippen LogP contribution in [0.1, 0.15) is 11.1 Å². The Balaban J connectivity index is 2.05. The molecule has 0 saturated carbocycles. The van der Waals surface area contributed by atoms with Crippen LogP contribution in [0.15, 0.2) is 52.0 Å². The number of aryl methyl sites for hydroxylation is 1. The van der Waals surface area contributed by atoms with Crippen molar-refractivity contribution in [1.82, 2.24) is 14.9 Å². The standard InChI is InChI=1S/C16H13BrN4OS/c1-10-7-13(17)8-12(14(10)22)9-18-21-15(19-20-16(21)23)11-5-3-2-4-6-11/h2-9,22H,1H3,(H,20,23)/b18-9+. The lowest BCUT2D eigenvalue weighted by Crippen LogP contribution is -1.95. The summed E-state index contributed by atoms with van der Waals surface area (Å²) in [6.45, 7) is 1.83. The Labute approximate surface area is 146 Å². The summed E-state index contributed by atoms with van der Waals surface area (Å²) in [5, 5.41) is 21.5. The number of hydrogen-bond donors (Lipinski definition) is 2. The van der Waals surface area contributed by atoms with Crippen molar-refractivity contribution in [2.45, 2.75) is 6.92 Å². The number of nitrogens with zero attached hydrogens (tertiary/aromatic N) is 3. The van der Waals surface area contributed by atoms with E-state index < -0.39 is 0 Å². The summed E-state index contributed by atoms with van der Waals surface area (Å²) in [6, 6.07) is 13.3. The normalized spacial score (nSPS) is 11.2. The molecule has 0 amide bonds. The highest BCUT2D eigenvalue weighted by atomic mass is 79.9. The van der Waals surface area contributed by atoms with Crippen molar-refractivity contribution in [2.24, 2.45) is 5.10 Å². The lowest BCUT2D eigenvalue weighted by atomic mass is 10.1. The van der Waals surface area contributed by atoms with Gasteiger partial charge in [0.25, 0.3) is 0 Å². The molecular formula is C16H13BrN4OS. The lowest BCUT2D eigenvalue weighted by Gasteiger charge is -2.04. The van der Waals surface area contributed by atoms with Crippen molar-refractivity contribution in [2.75, 3.05) is 0 Å². The Hall–Kier alpha value is -2.25. The van der Waals surface area contributed by atoms with Crippen LogP contribution in [0.3, 0.4) is 0 Å². The number of aromatic nitrogens is 3. The maximum absolute atomic E-state index is 10.1. The van der Waals surface area contributed by atoms with Gasteiger partial charge in [0, 0.05) is 15.6 Å². The third-order valence-corrected chi connectivity index (χ3v) is 4.01. The zero-order valence-corrected chi connectivity index (χ0v) is 14.6. The Morgan fingerprint density at radius 2 is 2.04 bits per heavy atom. The van der Waals surface area contributed by atoms with Gasteiger partial charge in [0.05, 0.1) is 6.21 Å². The zero-order valence-electron chi connectivity index (χ0n) is 12.2. The molecule has 0 aliphatic heterocycles. The minimum atomic E-state index is 0.188. The van der Waals surface area contributed by atoms with Gasteiger partial charge >= 0.3 is 0 Å². The molecule has 23 heavy (non-hydrogen) atoms. The highest BCUT2D eigenvalue weighted by molar-refractivity contribution is 9.10. The molecule has 0 saturated heterocycles. The zero-order chi connectivity index (χ0) is 16.4. The summed E-state index contributed by atoms with van der Waals surface area (Å²) in [7, 11) is 0. The van der Waals surface area contributed by atoms with Gasteiger partial charge in [-0.3, -0.25) is 0 Å². The number of rotatable bonds is 3. The van der Waals surface area contributed by atoms with E-state index in [-0.39, 0.29) is 5.75 Å². The second kappa shape index (κ2) is 6.47. The summed E-state index contributed by atoms with van der Waals surface area (Å²) < 4.78 is 2.78. The number of phenolic OH excluding ortho intramolecular Hbond substituents is 1. The molecule has 0 atom stereocenters. The molecule has 2 N–H and O–H groups in total. The molecule has 1 heterocycles. The first kappa shape index (κ1) is 15.6. The SMILES string of the molecule is Cc1cc(Br)cc(/C=N/n2c(-c3ccccc3)n[nH]c2=S)c1O. The fourth-order valence-corrected chi connectivity index (χ4v) is 2.92. The third-order valence-electron chi connectivity index (χ3n) is 3.29. The molecule has 1 aromatic heterocycles. The van der Waals surface area contributed by atoms with Gasteiger partial charge in [0.2, 0.25) is 4.77 Å². The Morgan fingerprint density at radius 3 is 2.78 bits per heavy atom. The van der Waals surface area contributed by atoms with Gasteiger partial charge in [-0.2, -0.15) is 14.9 Å². The topological polar surface area (TPSA) is 66.2 Å². The monoisotopic (exact) mass is 388 g/mol. The molecule has 3 aromatic rings. The summed E-state index contributed by atoms with van der Waals surface area (Å²) in [6.07, 6.45) is 1.56. The van der Waals surface area contributed by atoms with E-state index in [4.69, 9.17) is 12.2 Å².